The van der Waals surface area contributed by atoms with Crippen LogP contribution in [-0.4, -0.2) is 18.8 Å². The van der Waals surface area contributed by atoms with Gasteiger partial charge in [0.05, 0.1) is 10.7 Å². The minimum atomic E-state index is -3.93. The van der Waals surface area contributed by atoms with Gasteiger partial charge in [0.1, 0.15) is 10.7 Å². The number of nitrogen functional groups attached to an aromatic ring is 1. The summed E-state index contributed by atoms with van der Waals surface area (Å²) < 4.78 is 41.0. The molecule has 7 heteroatoms. The quantitative estimate of drug-likeness (QED) is 0.780. The van der Waals surface area contributed by atoms with Crippen LogP contribution in [0.2, 0.25) is 5.02 Å². The lowest BCUT2D eigenvalue weighted by Gasteiger charge is -2.28. The molecule has 0 aliphatic heterocycles. The van der Waals surface area contributed by atoms with E-state index in [1.165, 1.54) is 4.31 Å². The minimum absolute atomic E-state index is 0.178. The van der Waals surface area contributed by atoms with Gasteiger partial charge < -0.3 is 5.73 Å². The molecule has 0 heterocycles. The Morgan fingerprint density at radius 2 is 1.88 bits per heavy atom. The number of nitrogens with zero attached hydrogens (tertiary/aromatic N) is 1. The highest BCUT2D eigenvalue weighted by molar-refractivity contribution is 7.89. The number of hydrogen-bond acceptors (Lipinski definition) is 3. The van der Waals surface area contributed by atoms with Crippen molar-refractivity contribution in [2.45, 2.75) is 37.8 Å². The zero-order chi connectivity index (χ0) is 17.9. The highest BCUT2D eigenvalue weighted by Gasteiger charge is 2.31. The average Bonchev–Trinajstić information content (AvgIpc) is 2.56. The van der Waals surface area contributed by atoms with Crippen LogP contribution >= 0.6 is 11.6 Å². The monoisotopic (exact) mass is 370 g/mol. The zero-order valence-electron chi connectivity index (χ0n) is 13.5. The van der Waals surface area contributed by atoms with E-state index in [1.54, 1.807) is 0 Å². The first-order valence-corrected chi connectivity index (χ1v) is 9.39. The van der Waals surface area contributed by atoms with Crippen molar-refractivity contribution in [3.05, 3.63) is 58.9 Å². The number of anilines is 1. The van der Waals surface area contributed by atoms with Crippen molar-refractivity contribution in [2.75, 3.05) is 5.73 Å². The molecule has 0 spiro atoms. The Morgan fingerprint density at radius 3 is 2.46 bits per heavy atom. The molecule has 0 aliphatic carbocycles. The maximum absolute atomic E-state index is 13.5. The molecule has 0 bridgehead atoms. The molecule has 1 unspecified atom stereocenters. The highest BCUT2D eigenvalue weighted by atomic mass is 35.5. The Bertz CT molecular complexity index is 813. The second kappa shape index (κ2) is 7.51. The van der Waals surface area contributed by atoms with Crippen LogP contribution in [-0.2, 0) is 16.6 Å². The Balaban J connectivity index is 2.50. The predicted molar refractivity (Wildman–Crippen MR) is 94.7 cm³/mol. The molecule has 0 saturated heterocycles. The third kappa shape index (κ3) is 3.88. The molecule has 2 rings (SSSR count). The van der Waals surface area contributed by atoms with Crippen LogP contribution in [0.5, 0.6) is 0 Å². The molecule has 0 radical (unpaired) electrons. The van der Waals surface area contributed by atoms with Crippen molar-refractivity contribution in [3.8, 4) is 0 Å². The molecule has 1 atom stereocenters. The van der Waals surface area contributed by atoms with Crippen molar-refractivity contribution in [1.82, 2.24) is 4.31 Å². The lowest BCUT2D eigenvalue weighted by molar-refractivity contribution is 0.323. The first-order chi connectivity index (χ1) is 11.3. The van der Waals surface area contributed by atoms with Crippen LogP contribution < -0.4 is 5.73 Å². The second-order valence-electron chi connectivity index (χ2n) is 5.60. The zero-order valence-corrected chi connectivity index (χ0v) is 15.1. The van der Waals surface area contributed by atoms with Gasteiger partial charge in [0.15, 0.2) is 0 Å². The van der Waals surface area contributed by atoms with E-state index < -0.39 is 15.8 Å². The summed E-state index contributed by atoms with van der Waals surface area (Å²) in [5.41, 5.74) is 6.14. The lowest BCUT2D eigenvalue weighted by Crippen LogP contribution is -2.38. The number of halogens is 2. The Labute approximate surface area is 147 Å². The van der Waals surface area contributed by atoms with Crippen molar-refractivity contribution >= 4 is 27.3 Å². The fraction of sp³-hybridized carbons (Fsp3) is 0.294. The Kier molecular flexibility index (Phi) is 5.85. The van der Waals surface area contributed by atoms with E-state index in [0.29, 0.717) is 6.42 Å². The molecular formula is C17H20ClFN2O2S. The van der Waals surface area contributed by atoms with Gasteiger partial charge in [-0.3, -0.25) is 0 Å². The summed E-state index contributed by atoms with van der Waals surface area (Å²) >= 11 is 5.98. The van der Waals surface area contributed by atoms with E-state index in [4.69, 9.17) is 17.3 Å². The molecule has 0 amide bonds. The molecule has 2 aromatic rings. The Morgan fingerprint density at radius 1 is 1.25 bits per heavy atom. The largest absolute Gasteiger partial charge is 0.396 e. The SMILES string of the molecule is CCC(C)N(Cc1ccccc1)S(=O)(=O)c1cc(N)c(F)cc1Cl. The predicted octanol–water partition coefficient (Wildman–Crippen LogP) is 4.05. The summed E-state index contributed by atoms with van der Waals surface area (Å²) in [6.45, 7) is 3.92. The molecule has 24 heavy (non-hydrogen) atoms. The Hall–Kier alpha value is -1.63. The minimum Gasteiger partial charge on any atom is -0.396 e. The summed E-state index contributed by atoms with van der Waals surface area (Å²) in [5, 5.41) is -0.178. The molecule has 130 valence electrons. The highest BCUT2D eigenvalue weighted by Crippen LogP contribution is 2.31. The van der Waals surface area contributed by atoms with Crippen LogP contribution in [0, 0.1) is 5.82 Å². The summed E-state index contributed by atoms with van der Waals surface area (Å²) in [4.78, 5) is -0.181. The van der Waals surface area contributed by atoms with Gasteiger partial charge in [-0.25, -0.2) is 12.8 Å². The van der Waals surface area contributed by atoms with Crippen LogP contribution in [0.1, 0.15) is 25.8 Å². The van der Waals surface area contributed by atoms with E-state index in [1.807, 2.05) is 44.2 Å². The number of benzene rings is 2. The summed E-state index contributed by atoms with van der Waals surface area (Å²) in [6, 6.07) is 11.0. The molecule has 2 aromatic carbocycles. The van der Waals surface area contributed by atoms with E-state index in [-0.39, 0.29) is 28.2 Å². The average molecular weight is 371 g/mol. The van der Waals surface area contributed by atoms with Crippen LogP contribution in [0.25, 0.3) is 0 Å². The lowest BCUT2D eigenvalue weighted by atomic mass is 10.2. The number of rotatable bonds is 6. The molecule has 4 nitrogen and oxygen atoms in total. The van der Waals surface area contributed by atoms with E-state index in [2.05, 4.69) is 0 Å². The van der Waals surface area contributed by atoms with Crippen molar-refractivity contribution < 1.29 is 12.8 Å². The molecule has 0 fully saturated rings. The third-order valence-electron chi connectivity index (χ3n) is 3.90. The van der Waals surface area contributed by atoms with Crippen molar-refractivity contribution in [1.29, 1.82) is 0 Å². The van der Waals surface area contributed by atoms with E-state index >= 15 is 0 Å². The second-order valence-corrected chi connectivity index (χ2v) is 7.86. The maximum Gasteiger partial charge on any atom is 0.245 e. The fourth-order valence-corrected chi connectivity index (χ4v) is 4.53. The summed E-state index contributed by atoms with van der Waals surface area (Å²) in [7, 11) is -3.93. The van der Waals surface area contributed by atoms with Crippen LogP contribution in [0.3, 0.4) is 0 Å². The molecule has 0 aromatic heterocycles. The van der Waals surface area contributed by atoms with E-state index in [0.717, 1.165) is 17.7 Å². The summed E-state index contributed by atoms with van der Waals surface area (Å²) in [5.74, 6) is -0.739. The van der Waals surface area contributed by atoms with Crippen LogP contribution in [0.4, 0.5) is 10.1 Å². The van der Waals surface area contributed by atoms with Crippen LogP contribution in [0.15, 0.2) is 47.4 Å². The van der Waals surface area contributed by atoms with Gasteiger partial charge in [-0.05, 0) is 31.0 Å². The first-order valence-electron chi connectivity index (χ1n) is 7.57. The van der Waals surface area contributed by atoms with Gasteiger partial charge in [0.2, 0.25) is 10.0 Å². The molecular weight excluding hydrogens is 351 g/mol. The number of sulfonamides is 1. The fourth-order valence-electron chi connectivity index (χ4n) is 2.31. The molecule has 0 aliphatic rings. The van der Waals surface area contributed by atoms with Gasteiger partial charge in [0, 0.05) is 12.6 Å². The van der Waals surface area contributed by atoms with Gasteiger partial charge in [-0.15, -0.1) is 0 Å². The third-order valence-corrected chi connectivity index (χ3v) is 6.33. The number of nitrogens with two attached hydrogens (primary N) is 1. The normalized spacial score (nSPS) is 13.2. The standard InChI is InChI=1S/C17H20ClFN2O2S/c1-3-12(2)21(11-13-7-5-4-6-8-13)24(22,23)17-10-16(20)15(19)9-14(17)18/h4-10,12H,3,11,20H2,1-2H3. The van der Waals surface area contributed by atoms with Gasteiger partial charge in [-0.1, -0.05) is 48.9 Å². The molecule has 2 N–H and O–H groups in total. The van der Waals surface area contributed by atoms with Gasteiger partial charge in [-0.2, -0.15) is 4.31 Å². The number of hydrogen-bond donors (Lipinski definition) is 1. The van der Waals surface area contributed by atoms with Gasteiger partial charge >= 0.3 is 0 Å². The van der Waals surface area contributed by atoms with Crippen molar-refractivity contribution in [3.63, 3.8) is 0 Å². The maximum atomic E-state index is 13.5. The molecule has 0 saturated carbocycles. The smallest absolute Gasteiger partial charge is 0.245 e. The van der Waals surface area contributed by atoms with Crippen molar-refractivity contribution in [2.24, 2.45) is 0 Å². The summed E-state index contributed by atoms with van der Waals surface area (Å²) in [6.07, 6.45) is 0.625. The van der Waals surface area contributed by atoms with Gasteiger partial charge in [0.25, 0.3) is 0 Å². The first kappa shape index (κ1) is 18.7. The van der Waals surface area contributed by atoms with E-state index in [9.17, 15) is 12.8 Å². The topological polar surface area (TPSA) is 63.4 Å².